The fourth-order valence-electron chi connectivity index (χ4n) is 2.77. The Morgan fingerprint density at radius 2 is 1.65 bits per heavy atom. The summed E-state index contributed by atoms with van der Waals surface area (Å²) in [5.74, 6) is -0.0282. The molecule has 0 radical (unpaired) electrons. The number of hydrogen-bond donors (Lipinski definition) is 0. The van der Waals surface area contributed by atoms with Crippen molar-refractivity contribution in [1.82, 2.24) is 0 Å². The highest BCUT2D eigenvalue weighted by Crippen LogP contribution is 2.23. The van der Waals surface area contributed by atoms with Gasteiger partial charge in [-0.15, -0.1) is 0 Å². The number of fused-ring (bicyclic) bond motifs is 1. The number of methoxy groups -OCH3 is 1. The lowest BCUT2D eigenvalue weighted by Gasteiger charge is -2.07. The second-order valence-corrected chi connectivity index (χ2v) is 5.56. The van der Waals surface area contributed by atoms with Gasteiger partial charge in [0.1, 0.15) is 5.75 Å². The molecule has 2 aromatic rings. The first-order valence-corrected chi connectivity index (χ1v) is 7.63. The first-order valence-electron chi connectivity index (χ1n) is 7.63. The molecule has 3 rings (SSSR count). The van der Waals surface area contributed by atoms with E-state index in [0.717, 1.165) is 19.3 Å². The van der Waals surface area contributed by atoms with Crippen molar-refractivity contribution in [3.05, 3.63) is 64.7 Å². The molecular formula is C19H18O4. The number of carbonyl (C=O) groups excluding carboxylic acids is 2. The number of esters is 1. The van der Waals surface area contributed by atoms with Crippen LogP contribution in [0.15, 0.2) is 42.5 Å². The average molecular weight is 310 g/mol. The van der Waals surface area contributed by atoms with Gasteiger partial charge in [-0.1, -0.05) is 12.1 Å². The molecule has 1 aliphatic rings. The number of rotatable bonds is 5. The zero-order valence-corrected chi connectivity index (χ0v) is 13.0. The van der Waals surface area contributed by atoms with Gasteiger partial charge >= 0.3 is 5.97 Å². The molecule has 2 aromatic carbocycles. The highest BCUT2D eigenvalue weighted by Gasteiger charge is 2.16. The molecule has 0 amide bonds. The smallest absolute Gasteiger partial charge is 0.338 e. The van der Waals surface area contributed by atoms with Crippen molar-refractivity contribution in [3.63, 3.8) is 0 Å². The van der Waals surface area contributed by atoms with Crippen molar-refractivity contribution < 1.29 is 19.1 Å². The molecule has 4 nitrogen and oxygen atoms in total. The molecule has 0 fully saturated rings. The standard InChI is InChI=1S/C19H18O4/c1-22-17-9-7-14(8-10-17)19(21)23-12-18(20)16-6-5-13-3-2-4-15(13)11-16/h5-11H,2-4,12H2,1H3. The van der Waals surface area contributed by atoms with Gasteiger partial charge in [0.05, 0.1) is 12.7 Å². The third-order valence-electron chi connectivity index (χ3n) is 4.08. The minimum atomic E-state index is -0.512. The third-order valence-corrected chi connectivity index (χ3v) is 4.08. The third kappa shape index (κ3) is 3.42. The SMILES string of the molecule is COc1ccc(C(=O)OCC(=O)c2ccc3c(c2)CCC3)cc1. The fraction of sp³-hybridized carbons (Fsp3) is 0.263. The maximum absolute atomic E-state index is 12.2. The van der Waals surface area contributed by atoms with Crippen molar-refractivity contribution in [2.45, 2.75) is 19.3 Å². The molecule has 0 saturated carbocycles. The summed E-state index contributed by atoms with van der Waals surface area (Å²) < 4.78 is 10.1. The number of Topliss-reactive ketones (excluding diaryl/α,β-unsaturated/α-hetero) is 1. The van der Waals surface area contributed by atoms with E-state index in [2.05, 4.69) is 0 Å². The van der Waals surface area contributed by atoms with Gasteiger partial charge < -0.3 is 9.47 Å². The van der Waals surface area contributed by atoms with Gasteiger partial charge in [0.25, 0.3) is 0 Å². The van der Waals surface area contributed by atoms with Crippen molar-refractivity contribution in [2.24, 2.45) is 0 Å². The first kappa shape index (κ1) is 15.3. The van der Waals surface area contributed by atoms with Crippen LogP contribution in [0.2, 0.25) is 0 Å². The summed E-state index contributed by atoms with van der Waals surface area (Å²) in [5, 5.41) is 0. The molecule has 0 atom stereocenters. The van der Waals surface area contributed by atoms with Crippen molar-refractivity contribution in [1.29, 1.82) is 0 Å². The van der Waals surface area contributed by atoms with Crippen LogP contribution in [0, 0.1) is 0 Å². The Morgan fingerprint density at radius 1 is 0.957 bits per heavy atom. The number of hydrogen-bond acceptors (Lipinski definition) is 4. The topological polar surface area (TPSA) is 52.6 Å². The normalized spacial score (nSPS) is 12.6. The summed E-state index contributed by atoms with van der Waals surface area (Å²) in [6.45, 7) is -0.246. The molecule has 0 saturated heterocycles. The van der Waals surface area contributed by atoms with E-state index in [9.17, 15) is 9.59 Å². The van der Waals surface area contributed by atoms with Crippen LogP contribution in [0.4, 0.5) is 0 Å². The molecule has 0 spiro atoms. The Labute approximate surface area is 135 Å². The fourth-order valence-corrected chi connectivity index (χ4v) is 2.77. The molecule has 0 aromatic heterocycles. The maximum atomic E-state index is 12.2. The molecule has 118 valence electrons. The minimum Gasteiger partial charge on any atom is -0.497 e. The molecular weight excluding hydrogens is 292 g/mol. The van der Waals surface area contributed by atoms with Gasteiger partial charge in [-0.25, -0.2) is 4.79 Å². The molecule has 0 aliphatic heterocycles. The molecule has 0 bridgehead atoms. The van der Waals surface area contributed by atoms with E-state index >= 15 is 0 Å². The maximum Gasteiger partial charge on any atom is 0.338 e. The van der Waals surface area contributed by atoms with Crippen LogP contribution in [-0.2, 0) is 17.6 Å². The molecule has 0 N–H and O–H groups in total. The number of benzene rings is 2. The highest BCUT2D eigenvalue weighted by molar-refractivity contribution is 5.99. The van der Waals surface area contributed by atoms with E-state index in [4.69, 9.17) is 9.47 Å². The lowest BCUT2D eigenvalue weighted by atomic mass is 10.0. The van der Waals surface area contributed by atoms with Gasteiger partial charge in [-0.2, -0.15) is 0 Å². The van der Waals surface area contributed by atoms with Crippen molar-refractivity contribution in [3.8, 4) is 5.75 Å². The summed E-state index contributed by atoms with van der Waals surface area (Å²) >= 11 is 0. The van der Waals surface area contributed by atoms with Crippen LogP contribution in [0.1, 0.15) is 38.3 Å². The number of ketones is 1. The van der Waals surface area contributed by atoms with Gasteiger partial charge in [0.15, 0.2) is 12.4 Å². The summed E-state index contributed by atoms with van der Waals surface area (Å²) in [6, 6.07) is 12.3. The lowest BCUT2D eigenvalue weighted by Crippen LogP contribution is -2.14. The van der Waals surface area contributed by atoms with Crippen LogP contribution in [0.5, 0.6) is 5.75 Å². The van der Waals surface area contributed by atoms with E-state index in [1.165, 1.54) is 11.1 Å². The van der Waals surface area contributed by atoms with Gasteiger partial charge in [-0.05, 0) is 60.7 Å². The predicted molar refractivity (Wildman–Crippen MR) is 86.1 cm³/mol. The Bertz CT molecular complexity index is 732. The van der Waals surface area contributed by atoms with Crippen LogP contribution in [0.3, 0.4) is 0 Å². The monoisotopic (exact) mass is 310 g/mol. The Morgan fingerprint density at radius 3 is 2.39 bits per heavy atom. The van der Waals surface area contributed by atoms with Crippen LogP contribution < -0.4 is 4.74 Å². The second kappa shape index (κ2) is 6.65. The Hall–Kier alpha value is -2.62. The lowest BCUT2D eigenvalue weighted by molar-refractivity contribution is 0.0474. The second-order valence-electron chi connectivity index (χ2n) is 5.56. The molecule has 0 heterocycles. The van der Waals surface area contributed by atoms with Crippen LogP contribution in [0.25, 0.3) is 0 Å². The Balaban J connectivity index is 1.60. The van der Waals surface area contributed by atoms with Gasteiger partial charge in [0.2, 0.25) is 0 Å². The zero-order valence-electron chi connectivity index (χ0n) is 13.0. The molecule has 1 aliphatic carbocycles. The minimum absolute atomic E-state index is 0.179. The van der Waals surface area contributed by atoms with Crippen LogP contribution >= 0.6 is 0 Å². The summed E-state index contributed by atoms with van der Waals surface area (Å²) in [7, 11) is 1.56. The van der Waals surface area contributed by atoms with Crippen LogP contribution in [-0.4, -0.2) is 25.5 Å². The molecule has 4 heteroatoms. The van der Waals surface area contributed by atoms with Crippen molar-refractivity contribution >= 4 is 11.8 Å². The van der Waals surface area contributed by atoms with E-state index in [0.29, 0.717) is 16.9 Å². The largest absolute Gasteiger partial charge is 0.497 e. The van der Waals surface area contributed by atoms with E-state index in [1.807, 2.05) is 18.2 Å². The highest BCUT2D eigenvalue weighted by atomic mass is 16.5. The van der Waals surface area contributed by atoms with E-state index < -0.39 is 5.97 Å². The summed E-state index contributed by atoms with van der Waals surface area (Å²) in [5.41, 5.74) is 3.55. The average Bonchev–Trinajstić information content (AvgIpc) is 3.07. The molecule has 23 heavy (non-hydrogen) atoms. The summed E-state index contributed by atoms with van der Waals surface area (Å²) in [6.07, 6.45) is 3.23. The molecule has 0 unspecified atom stereocenters. The Kier molecular flexibility index (Phi) is 4.42. The quantitative estimate of drug-likeness (QED) is 0.628. The summed E-state index contributed by atoms with van der Waals surface area (Å²) in [4.78, 5) is 24.1. The predicted octanol–water partition coefficient (Wildman–Crippen LogP) is 3.22. The number of ether oxygens (including phenoxy) is 2. The zero-order chi connectivity index (χ0) is 16.2. The van der Waals surface area contributed by atoms with E-state index in [-0.39, 0.29) is 12.4 Å². The first-order chi connectivity index (χ1) is 11.2. The number of aryl methyl sites for hydroxylation is 2. The van der Waals surface area contributed by atoms with Gasteiger partial charge in [-0.3, -0.25) is 4.79 Å². The van der Waals surface area contributed by atoms with E-state index in [1.54, 1.807) is 31.4 Å². The van der Waals surface area contributed by atoms with Crippen molar-refractivity contribution in [2.75, 3.05) is 13.7 Å². The number of carbonyl (C=O) groups is 2. The van der Waals surface area contributed by atoms with Gasteiger partial charge in [0, 0.05) is 5.56 Å².